The topological polar surface area (TPSA) is 0 Å². The first-order valence-corrected chi connectivity index (χ1v) is 7.57. The highest BCUT2D eigenvalue weighted by molar-refractivity contribution is 7.83. The fraction of sp³-hybridized carbons (Fsp3) is 0.231. The molecule has 0 radical (unpaired) electrons. The smallest absolute Gasteiger partial charge is 0.0581 e. The Hall–Kier alpha value is -0.510. The summed E-state index contributed by atoms with van der Waals surface area (Å²) in [5.41, 5.74) is 4.24. The summed E-state index contributed by atoms with van der Waals surface area (Å²) in [5.74, 6) is 0. The zero-order valence-electron chi connectivity index (χ0n) is 8.99. The minimum absolute atomic E-state index is 1.12. The summed E-state index contributed by atoms with van der Waals surface area (Å²) in [5, 5.41) is 2.19. The van der Waals surface area contributed by atoms with Gasteiger partial charge in [-0.1, -0.05) is 19.4 Å². The van der Waals surface area contributed by atoms with Gasteiger partial charge >= 0.3 is 0 Å². The number of fused-ring (bicyclic) bond motifs is 3. The fourth-order valence-corrected chi connectivity index (χ4v) is 4.50. The van der Waals surface area contributed by atoms with Crippen LogP contribution >= 0.6 is 35.3 Å². The largest absolute Gasteiger partial charge is 0.142 e. The molecule has 2 aromatic rings. The maximum absolute atomic E-state index is 4.46. The van der Waals surface area contributed by atoms with Gasteiger partial charge in [-0.25, -0.2) is 0 Å². The molecular weight excluding hydrogens is 252 g/mol. The molecule has 2 aromatic heterocycles. The van der Waals surface area contributed by atoms with Gasteiger partial charge in [-0.05, 0) is 29.5 Å². The molecule has 0 N–H and O–H groups in total. The van der Waals surface area contributed by atoms with E-state index in [1.54, 1.807) is 11.3 Å². The summed E-state index contributed by atoms with van der Waals surface area (Å²) in [4.78, 5) is 2.85. The number of allylic oxidation sites excluding steroid dienone is 1. The molecule has 0 fully saturated rings. The quantitative estimate of drug-likeness (QED) is 0.596. The molecule has 3 heteroatoms. The van der Waals surface area contributed by atoms with Gasteiger partial charge in [0.1, 0.15) is 0 Å². The van der Waals surface area contributed by atoms with E-state index in [-0.39, 0.29) is 0 Å². The van der Waals surface area contributed by atoms with Gasteiger partial charge in [0.15, 0.2) is 0 Å². The van der Waals surface area contributed by atoms with E-state index in [4.69, 9.17) is 0 Å². The third-order valence-corrected chi connectivity index (χ3v) is 5.23. The summed E-state index contributed by atoms with van der Waals surface area (Å²) >= 11 is 8.10. The molecule has 0 atom stereocenters. The van der Waals surface area contributed by atoms with Crippen LogP contribution in [0, 0.1) is 0 Å². The van der Waals surface area contributed by atoms with Crippen molar-refractivity contribution >= 4 is 40.9 Å². The first-order chi connectivity index (χ1) is 7.81. The SMILES string of the molecule is CCC/C=C1/c2ccsc2-c2sc(S)cc21. The van der Waals surface area contributed by atoms with E-state index >= 15 is 0 Å². The van der Waals surface area contributed by atoms with Gasteiger partial charge in [-0.3, -0.25) is 0 Å². The van der Waals surface area contributed by atoms with Crippen molar-refractivity contribution in [2.45, 2.75) is 24.0 Å². The van der Waals surface area contributed by atoms with Crippen LogP contribution in [0.15, 0.2) is 27.8 Å². The molecule has 0 bridgehead atoms. The molecule has 1 aliphatic carbocycles. The Balaban J connectivity index is 2.20. The maximum atomic E-state index is 4.46. The highest BCUT2D eigenvalue weighted by Gasteiger charge is 2.26. The highest BCUT2D eigenvalue weighted by atomic mass is 32.2. The summed E-state index contributed by atoms with van der Waals surface area (Å²) in [6.07, 6.45) is 4.73. The van der Waals surface area contributed by atoms with E-state index in [0.29, 0.717) is 0 Å². The Kier molecular flexibility index (Phi) is 2.70. The van der Waals surface area contributed by atoms with Crippen molar-refractivity contribution in [2.24, 2.45) is 0 Å². The summed E-state index contributed by atoms with van der Waals surface area (Å²) in [6.45, 7) is 2.22. The normalized spacial score (nSPS) is 15.5. The molecule has 82 valence electrons. The van der Waals surface area contributed by atoms with Crippen LogP contribution in [0.4, 0.5) is 0 Å². The zero-order valence-corrected chi connectivity index (χ0v) is 11.5. The molecule has 0 amide bonds. The van der Waals surface area contributed by atoms with Crippen molar-refractivity contribution in [1.29, 1.82) is 0 Å². The number of hydrogen-bond donors (Lipinski definition) is 1. The molecule has 0 unspecified atom stereocenters. The Bertz CT molecular complexity index is 557. The molecule has 3 rings (SSSR count). The van der Waals surface area contributed by atoms with Gasteiger partial charge in [-0.15, -0.1) is 35.3 Å². The van der Waals surface area contributed by atoms with Crippen LogP contribution in [0.2, 0.25) is 0 Å². The lowest BCUT2D eigenvalue weighted by molar-refractivity contribution is 0.960. The van der Waals surface area contributed by atoms with Crippen LogP contribution in [-0.2, 0) is 0 Å². The van der Waals surface area contributed by atoms with Crippen LogP contribution in [0.5, 0.6) is 0 Å². The molecule has 1 aliphatic rings. The van der Waals surface area contributed by atoms with Gasteiger partial charge in [0.2, 0.25) is 0 Å². The van der Waals surface area contributed by atoms with Crippen molar-refractivity contribution in [3.05, 3.63) is 34.7 Å². The molecule has 0 nitrogen and oxygen atoms in total. The lowest BCUT2D eigenvalue weighted by atomic mass is 10.1. The van der Waals surface area contributed by atoms with Crippen molar-refractivity contribution in [3.63, 3.8) is 0 Å². The Labute approximate surface area is 109 Å². The summed E-state index contributed by atoms with van der Waals surface area (Å²) < 4.78 is 1.12. The molecule has 0 spiro atoms. The van der Waals surface area contributed by atoms with Crippen molar-refractivity contribution in [1.82, 2.24) is 0 Å². The molecular formula is C13H12S3. The van der Waals surface area contributed by atoms with Crippen LogP contribution in [0.3, 0.4) is 0 Å². The lowest BCUT2D eigenvalue weighted by Crippen LogP contribution is -1.77. The third-order valence-electron chi connectivity index (χ3n) is 2.81. The molecule has 0 aromatic carbocycles. The Morgan fingerprint density at radius 1 is 1.31 bits per heavy atom. The van der Waals surface area contributed by atoms with Crippen molar-refractivity contribution in [3.8, 4) is 9.75 Å². The second-order valence-corrected chi connectivity index (χ2v) is 6.65. The first kappa shape index (κ1) is 10.6. The standard InChI is InChI=1S/C13H12S3/c1-2-3-4-8-9-5-6-15-12(9)13-10(8)7-11(14)16-13/h4-7,14H,2-3H2,1H3/b8-4-. The maximum Gasteiger partial charge on any atom is 0.0581 e. The molecule has 0 saturated heterocycles. The van der Waals surface area contributed by atoms with Crippen LogP contribution in [-0.4, -0.2) is 0 Å². The monoisotopic (exact) mass is 264 g/mol. The number of thiol groups is 1. The number of rotatable bonds is 2. The minimum atomic E-state index is 1.12. The lowest BCUT2D eigenvalue weighted by Gasteiger charge is -1.98. The Morgan fingerprint density at radius 2 is 2.19 bits per heavy atom. The minimum Gasteiger partial charge on any atom is -0.142 e. The van der Waals surface area contributed by atoms with E-state index in [1.165, 1.54) is 32.9 Å². The summed E-state index contributed by atoms with van der Waals surface area (Å²) in [7, 11) is 0. The van der Waals surface area contributed by atoms with Gasteiger partial charge in [0, 0.05) is 11.1 Å². The molecule has 0 aliphatic heterocycles. The van der Waals surface area contributed by atoms with Crippen LogP contribution in [0.1, 0.15) is 30.9 Å². The van der Waals surface area contributed by atoms with Gasteiger partial charge in [-0.2, -0.15) is 0 Å². The number of thiophene rings is 2. The van der Waals surface area contributed by atoms with E-state index in [9.17, 15) is 0 Å². The molecule has 0 saturated carbocycles. The van der Waals surface area contributed by atoms with Crippen LogP contribution < -0.4 is 0 Å². The van der Waals surface area contributed by atoms with Crippen molar-refractivity contribution < 1.29 is 0 Å². The average molecular weight is 264 g/mol. The van der Waals surface area contributed by atoms with Crippen LogP contribution in [0.25, 0.3) is 15.3 Å². The van der Waals surface area contributed by atoms with Gasteiger partial charge in [0.25, 0.3) is 0 Å². The zero-order chi connectivity index (χ0) is 11.1. The van der Waals surface area contributed by atoms with E-state index in [0.717, 1.165) is 10.6 Å². The highest BCUT2D eigenvalue weighted by Crippen LogP contribution is 2.51. The number of unbranched alkanes of at least 4 members (excludes halogenated alkanes) is 1. The van der Waals surface area contributed by atoms with E-state index < -0.39 is 0 Å². The van der Waals surface area contributed by atoms with Crippen molar-refractivity contribution in [2.75, 3.05) is 0 Å². The predicted molar refractivity (Wildman–Crippen MR) is 76.9 cm³/mol. The second kappa shape index (κ2) is 4.06. The van der Waals surface area contributed by atoms with Gasteiger partial charge in [0.05, 0.1) is 14.0 Å². The number of hydrogen-bond acceptors (Lipinski definition) is 3. The second-order valence-electron chi connectivity index (χ2n) is 3.90. The third kappa shape index (κ3) is 1.50. The van der Waals surface area contributed by atoms with Gasteiger partial charge < -0.3 is 0 Å². The summed E-state index contributed by atoms with van der Waals surface area (Å²) in [6, 6.07) is 4.45. The first-order valence-electron chi connectivity index (χ1n) is 5.43. The average Bonchev–Trinajstić information content (AvgIpc) is 2.89. The van der Waals surface area contributed by atoms with E-state index in [2.05, 4.69) is 43.1 Å². The Morgan fingerprint density at radius 3 is 3.00 bits per heavy atom. The molecule has 2 heterocycles. The predicted octanol–water partition coefficient (Wildman–Crippen LogP) is 5.31. The fourth-order valence-electron chi connectivity index (χ4n) is 2.10. The molecule has 16 heavy (non-hydrogen) atoms. The van der Waals surface area contributed by atoms with E-state index in [1.807, 2.05) is 11.3 Å².